The number of nitrogens with one attached hydrogen (secondary N) is 2. The first-order valence-electron chi connectivity index (χ1n) is 8.53. The van der Waals surface area contributed by atoms with Crippen LogP contribution in [-0.4, -0.2) is 64.1 Å². The van der Waals surface area contributed by atoms with Gasteiger partial charge in [0, 0.05) is 33.3 Å². The molecule has 2 N–H and O–H groups in total. The fraction of sp³-hybridized carbons (Fsp3) is 0.688. The van der Waals surface area contributed by atoms with Crippen molar-refractivity contribution in [2.45, 2.75) is 36.5 Å². The van der Waals surface area contributed by atoms with Gasteiger partial charge < -0.3 is 15.4 Å². The van der Waals surface area contributed by atoms with Crippen LogP contribution >= 0.6 is 11.3 Å². The Balaban J connectivity index is 1.86. The minimum absolute atomic E-state index is 0.193. The average molecular weight is 389 g/mol. The molecule has 0 bridgehead atoms. The van der Waals surface area contributed by atoms with Crippen LogP contribution < -0.4 is 10.6 Å². The van der Waals surface area contributed by atoms with E-state index < -0.39 is 10.0 Å². The van der Waals surface area contributed by atoms with Crippen molar-refractivity contribution in [2.24, 2.45) is 4.99 Å². The van der Waals surface area contributed by atoms with E-state index >= 15 is 0 Å². The Kier molecular flexibility index (Phi) is 7.24. The Hall–Kier alpha value is -1.16. The maximum Gasteiger partial charge on any atom is 0.252 e. The van der Waals surface area contributed by atoms with Gasteiger partial charge in [0.05, 0.1) is 12.1 Å². The maximum absolute atomic E-state index is 12.4. The predicted octanol–water partition coefficient (Wildman–Crippen LogP) is 1.49. The van der Waals surface area contributed by atoms with Gasteiger partial charge in [-0.2, -0.15) is 4.31 Å². The molecule has 1 saturated heterocycles. The number of nitrogens with zero attached hydrogens (tertiary/aromatic N) is 2. The largest absolute Gasteiger partial charge is 0.373 e. The molecule has 0 spiro atoms. The number of ether oxygens (including phenoxy) is 1. The van der Waals surface area contributed by atoms with E-state index in [-0.39, 0.29) is 5.60 Å². The quantitative estimate of drug-likeness (QED) is 0.521. The smallest absolute Gasteiger partial charge is 0.252 e. The van der Waals surface area contributed by atoms with Crippen molar-refractivity contribution < 1.29 is 13.2 Å². The molecule has 7 nitrogen and oxygen atoms in total. The second-order valence-electron chi connectivity index (χ2n) is 6.28. The number of rotatable bonds is 8. The van der Waals surface area contributed by atoms with Gasteiger partial charge in [0.15, 0.2) is 5.96 Å². The summed E-state index contributed by atoms with van der Waals surface area (Å²) in [5.74, 6) is 0.682. The Bertz CT molecular complexity index is 653. The summed E-state index contributed by atoms with van der Waals surface area (Å²) >= 11 is 1.23. The van der Waals surface area contributed by atoms with Gasteiger partial charge in [-0.05, 0) is 38.1 Å². The highest BCUT2D eigenvalue weighted by molar-refractivity contribution is 7.91. The summed E-state index contributed by atoms with van der Waals surface area (Å²) in [6.07, 6.45) is 2.08. The second-order valence-corrected chi connectivity index (χ2v) is 9.50. The van der Waals surface area contributed by atoms with Crippen LogP contribution in [0, 0.1) is 0 Å². The summed E-state index contributed by atoms with van der Waals surface area (Å²) in [5.41, 5.74) is -0.193. The molecule has 1 aromatic rings. The summed E-state index contributed by atoms with van der Waals surface area (Å²) in [6.45, 7) is 7.04. The number of thiophene rings is 1. The third-order valence-electron chi connectivity index (χ3n) is 4.10. The van der Waals surface area contributed by atoms with Crippen molar-refractivity contribution in [3.05, 3.63) is 17.5 Å². The molecule has 1 aliphatic rings. The van der Waals surface area contributed by atoms with Crippen LogP contribution in [0.25, 0.3) is 0 Å². The lowest BCUT2D eigenvalue weighted by atomic mass is 10.0. The zero-order valence-electron chi connectivity index (χ0n) is 15.1. The van der Waals surface area contributed by atoms with Crippen molar-refractivity contribution in [3.8, 4) is 0 Å². The molecule has 1 aliphatic heterocycles. The SMILES string of the molecule is CCNC(=NCC1(C)CCCO1)NCCN(C)S(=O)(=O)c1cccs1. The van der Waals surface area contributed by atoms with E-state index in [1.165, 1.54) is 15.6 Å². The molecular formula is C16H28N4O3S2. The highest BCUT2D eigenvalue weighted by Crippen LogP contribution is 2.25. The Labute approximate surface area is 154 Å². The van der Waals surface area contributed by atoms with Crippen LogP contribution in [0.3, 0.4) is 0 Å². The van der Waals surface area contributed by atoms with Gasteiger partial charge in [-0.15, -0.1) is 11.3 Å². The zero-order valence-corrected chi connectivity index (χ0v) is 16.8. The minimum atomic E-state index is -3.41. The fourth-order valence-electron chi connectivity index (χ4n) is 2.57. The van der Waals surface area contributed by atoms with Gasteiger partial charge in [-0.3, -0.25) is 4.99 Å². The van der Waals surface area contributed by atoms with Crippen molar-refractivity contribution in [1.82, 2.24) is 14.9 Å². The highest BCUT2D eigenvalue weighted by Gasteiger charge is 2.29. The minimum Gasteiger partial charge on any atom is -0.373 e. The molecule has 1 atom stereocenters. The molecule has 0 aromatic carbocycles. The number of hydrogen-bond acceptors (Lipinski definition) is 5. The molecule has 0 saturated carbocycles. The molecule has 1 fully saturated rings. The predicted molar refractivity (Wildman–Crippen MR) is 102 cm³/mol. The van der Waals surface area contributed by atoms with Gasteiger partial charge >= 0.3 is 0 Å². The van der Waals surface area contributed by atoms with Crippen LogP contribution in [0.2, 0.25) is 0 Å². The van der Waals surface area contributed by atoms with Gasteiger partial charge in [0.25, 0.3) is 10.0 Å². The number of sulfonamides is 1. The topological polar surface area (TPSA) is 83.0 Å². The molecule has 0 amide bonds. The summed E-state index contributed by atoms with van der Waals surface area (Å²) < 4.78 is 32.2. The molecule has 2 rings (SSSR count). The molecule has 9 heteroatoms. The Morgan fingerprint density at radius 2 is 2.28 bits per heavy atom. The molecule has 0 radical (unpaired) electrons. The van der Waals surface area contributed by atoms with E-state index in [9.17, 15) is 8.42 Å². The average Bonchev–Trinajstić information content (AvgIpc) is 3.25. The summed E-state index contributed by atoms with van der Waals surface area (Å²) in [7, 11) is -1.82. The van der Waals surface area contributed by atoms with Crippen molar-refractivity contribution in [3.63, 3.8) is 0 Å². The van der Waals surface area contributed by atoms with Gasteiger partial charge in [-0.25, -0.2) is 8.42 Å². The monoisotopic (exact) mass is 388 g/mol. The number of hydrogen-bond donors (Lipinski definition) is 2. The van der Waals surface area contributed by atoms with E-state index in [1.807, 2.05) is 6.92 Å². The van der Waals surface area contributed by atoms with Crippen molar-refractivity contribution >= 4 is 27.3 Å². The second kappa shape index (κ2) is 8.98. The van der Waals surface area contributed by atoms with Crippen LogP contribution in [0.5, 0.6) is 0 Å². The van der Waals surface area contributed by atoms with Crippen molar-refractivity contribution in [2.75, 3.05) is 39.8 Å². The first kappa shape index (κ1) is 20.2. The molecule has 1 unspecified atom stereocenters. The number of aliphatic imine (C=N–C) groups is 1. The van der Waals surface area contributed by atoms with E-state index in [2.05, 4.69) is 22.5 Å². The third-order valence-corrected chi connectivity index (χ3v) is 7.33. The number of likely N-dealkylation sites (N-methyl/N-ethyl adjacent to an activating group) is 1. The Morgan fingerprint density at radius 1 is 1.48 bits per heavy atom. The molecule has 1 aromatic heterocycles. The van der Waals surface area contributed by atoms with Gasteiger partial charge in [-0.1, -0.05) is 6.07 Å². The lowest BCUT2D eigenvalue weighted by Crippen LogP contribution is -2.43. The first-order chi connectivity index (χ1) is 11.9. The summed E-state index contributed by atoms with van der Waals surface area (Å²) in [4.78, 5) is 4.58. The van der Waals surface area contributed by atoms with E-state index in [0.717, 1.165) is 26.0 Å². The third kappa shape index (κ3) is 5.67. The molecule has 0 aliphatic carbocycles. The van der Waals surface area contributed by atoms with Crippen LogP contribution in [0.15, 0.2) is 26.7 Å². The lowest BCUT2D eigenvalue weighted by molar-refractivity contribution is 0.0283. The van der Waals surface area contributed by atoms with Crippen LogP contribution in [0.1, 0.15) is 26.7 Å². The van der Waals surface area contributed by atoms with Gasteiger partial charge in [0.2, 0.25) is 0 Å². The van der Waals surface area contributed by atoms with E-state index in [1.54, 1.807) is 24.6 Å². The zero-order chi connectivity index (χ0) is 18.3. The molecule has 25 heavy (non-hydrogen) atoms. The fourth-order valence-corrected chi connectivity index (χ4v) is 4.94. The molecule has 142 valence electrons. The Morgan fingerprint density at radius 3 is 2.88 bits per heavy atom. The number of guanidine groups is 1. The highest BCUT2D eigenvalue weighted by atomic mass is 32.2. The van der Waals surface area contributed by atoms with E-state index in [0.29, 0.717) is 29.8 Å². The molecular weight excluding hydrogens is 360 g/mol. The summed E-state index contributed by atoms with van der Waals surface area (Å²) in [6, 6.07) is 3.36. The normalized spacial score (nSPS) is 21.7. The van der Waals surface area contributed by atoms with E-state index in [4.69, 9.17) is 4.74 Å². The van der Waals surface area contributed by atoms with Gasteiger partial charge in [0.1, 0.15) is 4.21 Å². The van der Waals surface area contributed by atoms with Crippen LogP contribution in [0.4, 0.5) is 0 Å². The molecule has 2 heterocycles. The first-order valence-corrected chi connectivity index (χ1v) is 10.9. The standard InChI is InChI=1S/C16H28N4O3S2/c1-4-17-15(19-13-16(2)8-6-11-23-16)18-9-10-20(3)25(21,22)14-7-5-12-24-14/h5,7,12H,4,6,8-11,13H2,1-3H3,(H2,17,18,19). The lowest BCUT2D eigenvalue weighted by Gasteiger charge is -2.22. The summed E-state index contributed by atoms with van der Waals surface area (Å²) in [5, 5.41) is 8.14. The maximum atomic E-state index is 12.4. The van der Waals surface area contributed by atoms with Crippen molar-refractivity contribution in [1.29, 1.82) is 0 Å². The van der Waals surface area contributed by atoms with Crippen LogP contribution in [-0.2, 0) is 14.8 Å².